The molecule has 1 aliphatic heterocycles. The van der Waals surface area contributed by atoms with Crippen molar-refractivity contribution in [1.29, 1.82) is 0 Å². The highest BCUT2D eigenvalue weighted by atomic mass is 32.1. The first kappa shape index (κ1) is 13.5. The van der Waals surface area contributed by atoms with Crippen LogP contribution in [-0.2, 0) is 4.79 Å². The third-order valence-corrected chi connectivity index (χ3v) is 4.02. The Kier molecular flexibility index (Phi) is 4.02. The Labute approximate surface area is 112 Å². The first-order valence-electron chi connectivity index (χ1n) is 6.45. The van der Waals surface area contributed by atoms with Crippen molar-refractivity contribution >= 4 is 22.4 Å². The Balaban J connectivity index is 2.06. The molecule has 1 aromatic rings. The smallest absolute Gasteiger partial charge is 0.243 e. The summed E-state index contributed by atoms with van der Waals surface area (Å²) in [6.07, 6.45) is 4.96. The minimum Gasteiger partial charge on any atom is -0.301 e. The van der Waals surface area contributed by atoms with Gasteiger partial charge in [0.05, 0.1) is 6.04 Å². The summed E-state index contributed by atoms with van der Waals surface area (Å²) in [6.45, 7) is 7.51. The molecule has 18 heavy (non-hydrogen) atoms. The SMILES string of the molecule is CC(C)(C)N1CCCCC1C(=O)Nc1nccs1. The van der Waals surface area contributed by atoms with Gasteiger partial charge in [0.25, 0.3) is 0 Å². The van der Waals surface area contributed by atoms with Gasteiger partial charge in [-0.15, -0.1) is 11.3 Å². The normalized spacial score (nSPS) is 21.8. The van der Waals surface area contributed by atoms with Crippen LogP contribution >= 0.6 is 11.3 Å². The summed E-state index contributed by atoms with van der Waals surface area (Å²) >= 11 is 1.46. The second kappa shape index (κ2) is 5.36. The molecular formula is C13H21N3OS. The van der Waals surface area contributed by atoms with Crippen molar-refractivity contribution in [3.63, 3.8) is 0 Å². The van der Waals surface area contributed by atoms with Gasteiger partial charge < -0.3 is 5.32 Å². The van der Waals surface area contributed by atoms with Crippen molar-refractivity contribution < 1.29 is 4.79 Å². The Bertz CT molecular complexity index is 397. The fourth-order valence-corrected chi connectivity index (χ4v) is 3.01. The van der Waals surface area contributed by atoms with Crippen LogP contribution in [0.3, 0.4) is 0 Å². The fraction of sp³-hybridized carbons (Fsp3) is 0.692. The van der Waals surface area contributed by atoms with Gasteiger partial charge in [0.1, 0.15) is 0 Å². The maximum absolute atomic E-state index is 12.3. The van der Waals surface area contributed by atoms with Gasteiger partial charge in [0.2, 0.25) is 5.91 Å². The number of likely N-dealkylation sites (tertiary alicyclic amines) is 1. The third-order valence-electron chi connectivity index (χ3n) is 3.33. The summed E-state index contributed by atoms with van der Waals surface area (Å²) in [4.78, 5) is 18.7. The van der Waals surface area contributed by atoms with Crippen LogP contribution in [0.25, 0.3) is 0 Å². The second-order valence-corrected chi connectivity index (χ2v) is 6.60. The lowest BCUT2D eigenvalue weighted by molar-refractivity contribution is -0.125. The van der Waals surface area contributed by atoms with Gasteiger partial charge in [-0.3, -0.25) is 9.69 Å². The first-order valence-corrected chi connectivity index (χ1v) is 7.33. The van der Waals surface area contributed by atoms with E-state index in [1.807, 2.05) is 5.38 Å². The molecule has 2 heterocycles. The molecule has 5 heteroatoms. The van der Waals surface area contributed by atoms with Crippen LogP contribution in [-0.4, -0.2) is 33.9 Å². The highest BCUT2D eigenvalue weighted by molar-refractivity contribution is 7.13. The zero-order valence-electron chi connectivity index (χ0n) is 11.3. The number of hydrogen-bond donors (Lipinski definition) is 1. The van der Waals surface area contributed by atoms with Crippen molar-refractivity contribution in [2.75, 3.05) is 11.9 Å². The minimum atomic E-state index is -0.0253. The van der Waals surface area contributed by atoms with E-state index < -0.39 is 0 Å². The quantitative estimate of drug-likeness (QED) is 0.896. The van der Waals surface area contributed by atoms with E-state index in [-0.39, 0.29) is 17.5 Å². The molecule has 1 unspecified atom stereocenters. The number of nitrogens with one attached hydrogen (secondary N) is 1. The molecule has 0 saturated carbocycles. The van der Waals surface area contributed by atoms with E-state index in [1.165, 1.54) is 17.8 Å². The Morgan fingerprint density at radius 1 is 1.50 bits per heavy atom. The lowest BCUT2D eigenvalue weighted by atomic mass is 9.94. The highest BCUT2D eigenvalue weighted by Crippen LogP contribution is 2.26. The molecule has 0 aliphatic carbocycles. The van der Waals surface area contributed by atoms with Crippen LogP contribution in [0, 0.1) is 0 Å². The van der Waals surface area contributed by atoms with E-state index in [0.717, 1.165) is 19.4 Å². The predicted octanol–water partition coefficient (Wildman–Crippen LogP) is 2.73. The van der Waals surface area contributed by atoms with Crippen molar-refractivity contribution in [2.45, 2.75) is 51.6 Å². The molecule has 1 fully saturated rings. The van der Waals surface area contributed by atoms with Crippen molar-refractivity contribution in [3.05, 3.63) is 11.6 Å². The van der Waals surface area contributed by atoms with E-state index in [4.69, 9.17) is 0 Å². The molecule has 1 saturated heterocycles. The van der Waals surface area contributed by atoms with Crippen LogP contribution in [0.4, 0.5) is 5.13 Å². The molecule has 2 rings (SSSR count). The molecule has 1 aromatic heterocycles. The van der Waals surface area contributed by atoms with Gasteiger partial charge in [0.15, 0.2) is 5.13 Å². The van der Waals surface area contributed by atoms with E-state index in [9.17, 15) is 4.79 Å². The molecule has 1 atom stereocenters. The van der Waals surface area contributed by atoms with Crippen LogP contribution in [0.5, 0.6) is 0 Å². The Morgan fingerprint density at radius 3 is 2.89 bits per heavy atom. The Morgan fingerprint density at radius 2 is 2.28 bits per heavy atom. The lowest BCUT2D eigenvalue weighted by Gasteiger charge is -2.43. The van der Waals surface area contributed by atoms with Crippen LogP contribution < -0.4 is 5.32 Å². The largest absolute Gasteiger partial charge is 0.301 e. The van der Waals surface area contributed by atoms with Crippen LogP contribution in [0.1, 0.15) is 40.0 Å². The van der Waals surface area contributed by atoms with Crippen molar-refractivity contribution in [2.24, 2.45) is 0 Å². The molecule has 0 spiro atoms. The summed E-state index contributed by atoms with van der Waals surface area (Å²) in [6, 6.07) is -0.0253. The molecule has 0 bridgehead atoms. The van der Waals surface area contributed by atoms with Crippen molar-refractivity contribution in [1.82, 2.24) is 9.88 Å². The summed E-state index contributed by atoms with van der Waals surface area (Å²) in [5, 5.41) is 5.49. The number of carbonyl (C=O) groups excluding carboxylic acids is 1. The van der Waals surface area contributed by atoms with E-state index in [2.05, 4.69) is 36.0 Å². The average molecular weight is 267 g/mol. The van der Waals surface area contributed by atoms with Gasteiger partial charge in [-0.2, -0.15) is 0 Å². The molecular weight excluding hydrogens is 246 g/mol. The summed E-state index contributed by atoms with van der Waals surface area (Å²) < 4.78 is 0. The first-order chi connectivity index (χ1) is 8.48. The summed E-state index contributed by atoms with van der Waals surface area (Å²) in [5.74, 6) is 0.0829. The van der Waals surface area contributed by atoms with Gasteiger partial charge in [-0.25, -0.2) is 4.98 Å². The molecule has 1 aliphatic rings. The Hall–Kier alpha value is -0.940. The zero-order chi connectivity index (χ0) is 13.2. The number of thiazole rings is 1. The highest BCUT2D eigenvalue weighted by Gasteiger charge is 2.35. The zero-order valence-corrected chi connectivity index (χ0v) is 12.1. The summed E-state index contributed by atoms with van der Waals surface area (Å²) in [7, 11) is 0. The number of carbonyl (C=O) groups is 1. The van der Waals surface area contributed by atoms with Gasteiger partial charge in [-0.1, -0.05) is 6.42 Å². The number of amides is 1. The maximum Gasteiger partial charge on any atom is 0.243 e. The third kappa shape index (κ3) is 3.09. The molecule has 0 radical (unpaired) electrons. The predicted molar refractivity (Wildman–Crippen MR) is 74.8 cm³/mol. The molecule has 0 aromatic carbocycles. The molecule has 4 nitrogen and oxygen atoms in total. The van der Waals surface area contributed by atoms with Gasteiger partial charge >= 0.3 is 0 Å². The average Bonchev–Trinajstić information content (AvgIpc) is 2.80. The number of rotatable bonds is 2. The van der Waals surface area contributed by atoms with Crippen LogP contribution in [0.2, 0.25) is 0 Å². The lowest BCUT2D eigenvalue weighted by Crippen LogP contribution is -2.55. The second-order valence-electron chi connectivity index (χ2n) is 5.70. The maximum atomic E-state index is 12.3. The number of hydrogen-bond acceptors (Lipinski definition) is 4. The van der Waals surface area contributed by atoms with E-state index in [0.29, 0.717) is 5.13 Å². The standard InChI is InChI=1S/C13H21N3OS/c1-13(2,3)16-8-5-4-6-10(16)11(17)15-12-14-7-9-18-12/h7,9-10H,4-6,8H2,1-3H3,(H,14,15,17). The number of piperidine rings is 1. The van der Waals surface area contributed by atoms with Crippen molar-refractivity contribution in [3.8, 4) is 0 Å². The molecule has 1 amide bonds. The number of nitrogens with zero attached hydrogens (tertiary/aromatic N) is 2. The fourth-order valence-electron chi connectivity index (χ4n) is 2.48. The topological polar surface area (TPSA) is 45.2 Å². The monoisotopic (exact) mass is 267 g/mol. The minimum absolute atomic E-state index is 0.0253. The van der Waals surface area contributed by atoms with Gasteiger partial charge in [-0.05, 0) is 40.2 Å². The van der Waals surface area contributed by atoms with E-state index in [1.54, 1.807) is 6.20 Å². The summed E-state index contributed by atoms with van der Waals surface area (Å²) in [5.41, 5.74) is 0.0330. The molecule has 100 valence electrons. The number of anilines is 1. The van der Waals surface area contributed by atoms with Gasteiger partial charge in [0, 0.05) is 17.1 Å². The number of aromatic nitrogens is 1. The molecule has 1 N–H and O–H groups in total. The van der Waals surface area contributed by atoms with Crippen LogP contribution in [0.15, 0.2) is 11.6 Å². The van der Waals surface area contributed by atoms with E-state index >= 15 is 0 Å².